The summed E-state index contributed by atoms with van der Waals surface area (Å²) in [6.45, 7) is 1.02. The monoisotopic (exact) mass is 313 g/mol. The van der Waals surface area contributed by atoms with Crippen molar-refractivity contribution in [1.29, 1.82) is 0 Å². The van der Waals surface area contributed by atoms with Gasteiger partial charge in [0.05, 0.1) is 11.4 Å². The fourth-order valence-electron chi connectivity index (χ4n) is 3.28. The van der Waals surface area contributed by atoms with Gasteiger partial charge in [-0.25, -0.2) is 4.98 Å². The number of hydrogen-bond donors (Lipinski definition) is 1. The van der Waals surface area contributed by atoms with Crippen LogP contribution >= 0.6 is 11.8 Å². The Balaban J connectivity index is 1.61. The van der Waals surface area contributed by atoms with Crippen molar-refractivity contribution in [3.63, 3.8) is 0 Å². The maximum absolute atomic E-state index is 12.4. The minimum Gasteiger partial charge on any atom is -0.325 e. The molecule has 1 aliphatic heterocycles. The van der Waals surface area contributed by atoms with Crippen LogP contribution in [0.4, 0.5) is 5.69 Å². The highest BCUT2D eigenvalue weighted by Gasteiger charge is 2.24. The van der Waals surface area contributed by atoms with Crippen LogP contribution in [0.15, 0.2) is 35.6 Å². The van der Waals surface area contributed by atoms with E-state index in [-0.39, 0.29) is 11.8 Å². The normalized spacial score (nSPS) is 17.6. The summed E-state index contributed by atoms with van der Waals surface area (Å²) in [6.07, 6.45) is 6.47. The van der Waals surface area contributed by atoms with Crippen LogP contribution in [0.2, 0.25) is 0 Å². The fourth-order valence-corrected chi connectivity index (χ4v) is 4.22. The smallest absolute Gasteiger partial charge is 0.227 e. The molecule has 0 saturated heterocycles. The van der Waals surface area contributed by atoms with E-state index in [1.54, 1.807) is 11.8 Å². The van der Waals surface area contributed by atoms with Crippen molar-refractivity contribution in [2.24, 2.45) is 5.92 Å². The highest BCUT2D eigenvalue weighted by atomic mass is 32.2. The molecule has 0 spiro atoms. The second-order valence-electron chi connectivity index (χ2n) is 5.97. The van der Waals surface area contributed by atoms with Crippen molar-refractivity contribution in [3.05, 3.63) is 30.5 Å². The van der Waals surface area contributed by atoms with Gasteiger partial charge in [0.15, 0.2) is 5.16 Å². The Morgan fingerprint density at radius 3 is 2.91 bits per heavy atom. The number of aromatic nitrogens is 2. The van der Waals surface area contributed by atoms with Gasteiger partial charge >= 0.3 is 0 Å². The van der Waals surface area contributed by atoms with E-state index in [0.717, 1.165) is 47.2 Å². The molecular weight excluding hydrogens is 294 g/mol. The molecule has 4 nitrogen and oxygen atoms in total. The zero-order chi connectivity index (χ0) is 14.9. The second kappa shape index (κ2) is 5.80. The number of para-hydroxylation sites is 1. The van der Waals surface area contributed by atoms with E-state index >= 15 is 0 Å². The van der Waals surface area contributed by atoms with Crippen LogP contribution in [0, 0.1) is 5.92 Å². The average molecular weight is 313 g/mol. The summed E-state index contributed by atoms with van der Waals surface area (Å²) >= 11 is 1.79. The van der Waals surface area contributed by atoms with Gasteiger partial charge in [0.1, 0.15) is 0 Å². The Bertz CT molecular complexity index is 682. The summed E-state index contributed by atoms with van der Waals surface area (Å²) in [5.41, 5.74) is 2.84. The number of benzene rings is 1. The van der Waals surface area contributed by atoms with Gasteiger partial charge in [-0.05, 0) is 18.9 Å². The lowest BCUT2D eigenvalue weighted by Crippen LogP contribution is -2.20. The van der Waals surface area contributed by atoms with Crippen LogP contribution in [0.5, 0.6) is 0 Å². The molecule has 2 aromatic rings. The predicted octanol–water partition coefficient (Wildman–Crippen LogP) is 3.78. The molecule has 2 heterocycles. The molecule has 1 aromatic heterocycles. The fraction of sp³-hybridized carbons (Fsp3) is 0.412. The molecule has 1 amide bonds. The number of hydrogen-bond acceptors (Lipinski definition) is 3. The summed E-state index contributed by atoms with van der Waals surface area (Å²) in [6, 6.07) is 7.97. The highest BCUT2D eigenvalue weighted by molar-refractivity contribution is 7.99. The molecule has 1 saturated carbocycles. The topological polar surface area (TPSA) is 46.9 Å². The van der Waals surface area contributed by atoms with Gasteiger partial charge in [-0.1, -0.05) is 42.8 Å². The number of nitrogens with one attached hydrogen (secondary N) is 1. The van der Waals surface area contributed by atoms with Crippen molar-refractivity contribution in [1.82, 2.24) is 9.55 Å². The number of anilines is 1. The Morgan fingerprint density at radius 1 is 1.27 bits per heavy atom. The van der Waals surface area contributed by atoms with E-state index in [1.807, 2.05) is 24.3 Å². The lowest BCUT2D eigenvalue weighted by Gasteiger charge is -2.13. The molecule has 0 unspecified atom stereocenters. The van der Waals surface area contributed by atoms with Gasteiger partial charge in [-0.15, -0.1) is 0 Å². The van der Waals surface area contributed by atoms with Crippen LogP contribution in [0.3, 0.4) is 0 Å². The van der Waals surface area contributed by atoms with E-state index < -0.39 is 0 Å². The quantitative estimate of drug-likeness (QED) is 0.938. The first-order chi connectivity index (χ1) is 10.8. The standard InChI is InChI=1S/C17H19N3OS/c21-16(12-5-1-2-6-12)18-14-8-4-3-7-13(14)15-11-20-9-10-22-17(20)19-15/h3-4,7-8,11-12H,1-2,5-6,9-10H2,(H,18,21). The first kappa shape index (κ1) is 13.9. The molecule has 1 aliphatic carbocycles. The van der Waals surface area contributed by atoms with E-state index in [2.05, 4.69) is 16.1 Å². The third-order valence-electron chi connectivity index (χ3n) is 4.49. The Hall–Kier alpha value is -1.75. The minimum absolute atomic E-state index is 0.158. The van der Waals surface area contributed by atoms with Crippen LogP contribution in [0.1, 0.15) is 25.7 Å². The summed E-state index contributed by atoms with van der Waals surface area (Å²) in [7, 11) is 0. The third-order valence-corrected chi connectivity index (χ3v) is 5.46. The minimum atomic E-state index is 0.158. The van der Waals surface area contributed by atoms with E-state index in [0.29, 0.717) is 0 Å². The number of carbonyl (C=O) groups is 1. The van der Waals surface area contributed by atoms with Gasteiger partial charge in [-0.2, -0.15) is 0 Å². The SMILES string of the molecule is O=C(Nc1ccccc1-c1cn2c(n1)SCC2)C1CCCC1. The van der Waals surface area contributed by atoms with Crippen LogP contribution < -0.4 is 5.32 Å². The van der Waals surface area contributed by atoms with Crippen molar-refractivity contribution in [3.8, 4) is 11.3 Å². The first-order valence-electron chi connectivity index (χ1n) is 7.91. The average Bonchev–Trinajstić information content (AvgIpc) is 3.24. The maximum atomic E-state index is 12.4. The summed E-state index contributed by atoms with van der Waals surface area (Å²) in [5, 5.41) is 4.20. The number of carbonyl (C=O) groups excluding carboxylic acids is 1. The lowest BCUT2D eigenvalue weighted by atomic mass is 10.1. The van der Waals surface area contributed by atoms with Gasteiger partial charge in [0, 0.05) is 30.0 Å². The second-order valence-corrected chi connectivity index (χ2v) is 7.03. The van der Waals surface area contributed by atoms with Crippen LogP contribution in [0.25, 0.3) is 11.3 Å². The number of rotatable bonds is 3. The number of thioether (sulfide) groups is 1. The molecule has 4 rings (SSSR count). The predicted molar refractivity (Wildman–Crippen MR) is 89.0 cm³/mol. The maximum Gasteiger partial charge on any atom is 0.227 e. The van der Waals surface area contributed by atoms with Gasteiger partial charge in [-0.3, -0.25) is 4.79 Å². The molecule has 1 fully saturated rings. The number of nitrogens with zero attached hydrogens (tertiary/aromatic N) is 2. The first-order valence-corrected chi connectivity index (χ1v) is 8.90. The van der Waals surface area contributed by atoms with Crippen LogP contribution in [-0.2, 0) is 11.3 Å². The van der Waals surface area contributed by atoms with Crippen molar-refractivity contribution >= 4 is 23.4 Å². The van der Waals surface area contributed by atoms with Crippen molar-refractivity contribution < 1.29 is 4.79 Å². The zero-order valence-corrected chi connectivity index (χ0v) is 13.2. The lowest BCUT2D eigenvalue weighted by molar-refractivity contribution is -0.119. The number of imidazole rings is 1. The van der Waals surface area contributed by atoms with Crippen molar-refractivity contribution in [2.45, 2.75) is 37.4 Å². The molecular formula is C17H19N3OS. The van der Waals surface area contributed by atoms with E-state index in [9.17, 15) is 4.79 Å². The third kappa shape index (κ3) is 2.54. The molecule has 22 heavy (non-hydrogen) atoms. The molecule has 0 bridgehead atoms. The highest BCUT2D eigenvalue weighted by Crippen LogP contribution is 2.33. The number of amides is 1. The van der Waals surface area contributed by atoms with Crippen LogP contribution in [-0.4, -0.2) is 21.2 Å². The Morgan fingerprint density at radius 2 is 2.09 bits per heavy atom. The van der Waals surface area contributed by atoms with E-state index in [1.165, 1.54) is 12.8 Å². The number of aryl methyl sites for hydroxylation is 1. The zero-order valence-electron chi connectivity index (χ0n) is 12.4. The van der Waals surface area contributed by atoms with Gasteiger partial charge < -0.3 is 9.88 Å². The molecule has 1 N–H and O–H groups in total. The molecule has 1 aromatic carbocycles. The van der Waals surface area contributed by atoms with Crippen molar-refractivity contribution in [2.75, 3.05) is 11.1 Å². The number of fused-ring (bicyclic) bond motifs is 1. The van der Waals surface area contributed by atoms with Gasteiger partial charge in [0.25, 0.3) is 0 Å². The summed E-state index contributed by atoms with van der Waals surface area (Å²) in [4.78, 5) is 17.1. The molecule has 0 radical (unpaired) electrons. The Kier molecular flexibility index (Phi) is 3.66. The Labute approximate surface area is 134 Å². The molecule has 0 atom stereocenters. The molecule has 114 valence electrons. The molecule has 2 aliphatic rings. The largest absolute Gasteiger partial charge is 0.325 e. The van der Waals surface area contributed by atoms with E-state index in [4.69, 9.17) is 4.98 Å². The van der Waals surface area contributed by atoms with Gasteiger partial charge in [0.2, 0.25) is 5.91 Å². The molecule has 5 heteroatoms. The summed E-state index contributed by atoms with van der Waals surface area (Å²) in [5.74, 6) is 1.43. The summed E-state index contributed by atoms with van der Waals surface area (Å²) < 4.78 is 2.19.